The van der Waals surface area contributed by atoms with Crippen LogP contribution >= 0.6 is 11.8 Å². The first-order valence-electron chi connectivity index (χ1n) is 7.70. The SMILES string of the molecule is CCCCCSc1nc2ccccn2c1CNC1CC1. The third-order valence-electron chi connectivity index (χ3n) is 3.71. The number of imidazole rings is 1. The molecule has 1 fully saturated rings. The number of hydrogen-bond acceptors (Lipinski definition) is 3. The van der Waals surface area contributed by atoms with Gasteiger partial charge in [0.15, 0.2) is 0 Å². The first-order valence-corrected chi connectivity index (χ1v) is 8.69. The summed E-state index contributed by atoms with van der Waals surface area (Å²) in [7, 11) is 0. The average molecular weight is 289 g/mol. The Morgan fingerprint density at radius 1 is 1.35 bits per heavy atom. The molecule has 20 heavy (non-hydrogen) atoms. The molecule has 2 aromatic heterocycles. The topological polar surface area (TPSA) is 29.3 Å². The minimum Gasteiger partial charge on any atom is -0.308 e. The fourth-order valence-electron chi connectivity index (χ4n) is 2.35. The van der Waals surface area contributed by atoms with E-state index in [0.29, 0.717) is 0 Å². The number of hydrogen-bond donors (Lipinski definition) is 1. The Balaban J connectivity index is 1.74. The minimum atomic E-state index is 0.738. The van der Waals surface area contributed by atoms with Crippen molar-refractivity contribution in [3.05, 3.63) is 30.1 Å². The van der Waals surface area contributed by atoms with E-state index in [1.807, 2.05) is 11.8 Å². The van der Waals surface area contributed by atoms with Crippen molar-refractivity contribution < 1.29 is 0 Å². The zero-order chi connectivity index (χ0) is 13.8. The van der Waals surface area contributed by atoms with Crippen LogP contribution in [-0.2, 0) is 6.54 Å². The molecule has 1 saturated carbocycles. The molecule has 0 saturated heterocycles. The third kappa shape index (κ3) is 3.36. The zero-order valence-electron chi connectivity index (χ0n) is 12.1. The van der Waals surface area contributed by atoms with Gasteiger partial charge in [-0.15, -0.1) is 11.8 Å². The Bertz CT molecular complexity index is 560. The number of unbranched alkanes of at least 4 members (excludes halogenated alkanes) is 2. The number of pyridine rings is 1. The van der Waals surface area contributed by atoms with Gasteiger partial charge in [-0.2, -0.15) is 0 Å². The second-order valence-electron chi connectivity index (χ2n) is 5.50. The fourth-order valence-corrected chi connectivity index (χ4v) is 3.39. The summed E-state index contributed by atoms with van der Waals surface area (Å²) >= 11 is 1.91. The molecule has 1 N–H and O–H groups in total. The van der Waals surface area contributed by atoms with Crippen molar-refractivity contribution in [2.24, 2.45) is 0 Å². The maximum atomic E-state index is 4.79. The molecular formula is C16H23N3S. The molecule has 0 aromatic carbocycles. The Kier molecular flexibility index (Phi) is 4.63. The van der Waals surface area contributed by atoms with Crippen LogP contribution in [0.3, 0.4) is 0 Å². The fraction of sp³-hybridized carbons (Fsp3) is 0.562. The van der Waals surface area contributed by atoms with Crippen LogP contribution in [0.4, 0.5) is 0 Å². The Morgan fingerprint density at radius 2 is 2.25 bits per heavy atom. The molecule has 3 nitrogen and oxygen atoms in total. The lowest BCUT2D eigenvalue weighted by atomic mass is 10.3. The van der Waals surface area contributed by atoms with E-state index in [4.69, 9.17) is 4.98 Å². The number of nitrogens with one attached hydrogen (secondary N) is 1. The van der Waals surface area contributed by atoms with E-state index in [-0.39, 0.29) is 0 Å². The van der Waals surface area contributed by atoms with Crippen LogP contribution in [0, 0.1) is 0 Å². The highest BCUT2D eigenvalue weighted by molar-refractivity contribution is 7.99. The zero-order valence-corrected chi connectivity index (χ0v) is 13.0. The summed E-state index contributed by atoms with van der Waals surface area (Å²) in [5.41, 5.74) is 2.40. The van der Waals surface area contributed by atoms with Gasteiger partial charge in [0.2, 0.25) is 0 Å². The van der Waals surface area contributed by atoms with Crippen molar-refractivity contribution in [2.75, 3.05) is 5.75 Å². The van der Waals surface area contributed by atoms with E-state index in [1.165, 1.54) is 48.6 Å². The monoisotopic (exact) mass is 289 g/mol. The van der Waals surface area contributed by atoms with E-state index in [0.717, 1.165) is 18.2 Å². The molecule has 0 spiro atoms. The average Bonchev–Trinajstić information content (AvgIpc) is 3.23. The van der Waals surface area contributed by atoms with Crippen molar-refractivity contribution in [3.8, 4) is 0 Å². The Hall–Kier alpha value is -1.00. The summed E-state index contributed by atoms with van der Waals surface area (Å²) in [6.45, 7) is 3.19. The van der Waals surface area contributed by atoms with Crippen LogP contribution in [0.5, 0.6) is 0 Å². The van der Waals surface area contributed by atoms with Crippen LogP contribution in [0.2, 0.25) is 0 Å². The Labute approximate surface area is 125 Å². The van der Waals surface area contributed by atoms with Crippen LogP contribution in [-0.4, -0.2) is 21.2 Å². The van der Waals surface area contributed by atoms with Gasteiger partial charge >= 0.3 is 0 Å². The second kappa shape index (κ2) is 6.64. The van der Waals surface area contributed by atoms with Gasteiger partial charge in [-0.1, -0.05) is 25.8 Å². The molecule has 0 bridgehead atoms. The van der Waals surface area contributed by atoms with Crippen LogP contribution < -0.4 is 5.32 Å². The predicted molar refractivity (Wildman–Crippen MR) is 85.3 cm³/mol. The largest absolute Gasteiger partial charge is 0.308 e. The van der Waals surface area contributed by atoms with Gasteiger partial charge in [-0.05, 0) is 37.1 Å². The predicted octanol–water partition coefficient (Wildman–Crippen LogP) is 3.87. The summed E-state index contributed by atoms with van der Waals surface area (Å²) in [6, 6.07) is 6.98. The first-order chi connectivity index (χ1) is 9.88. The van der Waals surface area contributed by atoms with Crippen molar-refractivity contribution >= 4 is 17.4 Å². The summed E-state index contributed by atoms with van der Waals surface area (Å²) in [4.78, 5) is 4.79. The van der Waals surface area contributed by atoms with E-state index < -0.39 is 0 Å². The molecule has 108 valence electrons. The molecule has 3 rings (SSSR count). The van der Waals surface area contributed by atoms with Crippen LogP contribution in [0.1, 0.15) is 44.7 Å². The van der Waals surface area contributed by atoms with E-state index >= 15 is 0 Å². The molecule has 1 aliphatic rings. The molecular weight excluding hydrogens is 266 g/mol. The molecule has 0 radical (unpaired) electrons. The lowest BCUT2D eigenvalue weighted by molar-refractivity contribution is 0.660. The number of rotatable bonds is 8. The normalized spacial score (nSPS) is 15.1. The van der Waals surface area contributed by atoms with Crippen molar-refractivity contribution in [1.29, 1.82) is 0 Å². The smallest absolute Gasteiger partial charge is 0.138 e. The summed E-state index contributed by atoms with van der Waals surface area (Å²) in [5.74, 6) is 1.17. The molecule has 1 aliphatic carbocycles. The molecule has 0 unspecified atom stereocenters. The van der Waals surface area contributed by atoms with Crippen molar-refractivity contribution in [3.63, 3.8) is 0 Å². The third-order valence-corrected chi connectivity index (χ3v) is 4.81. The summed E-state index contributed by atoms with van der Waals surface area (Å²) in [5, 5.41) is 4.83. The van der Waals surface area contributed by atoms with Gasteiger partial charge in [0.05, 0.1) is 5.69 Å². The number of thioether (sulfide) groups is 1. The molecule has 2 heterocycles. The highest BCUT2D eigenvalue weighted by Crippen LogP contribution is 2.26. The number of fused-ring (bicyclic) bond motifs is 1. The van der Waals surface area contributed by atoms with Gasteiger partial charge < -0.3 is 9.72 Å². The first kappa shape index (κ1) is 14.0. The highest BCUT2D eigenvalue weighted by atomic mass is 32.2. The van der Waals surface area contributed by atoms with E-state index in [2.05, 4.69) is 41.0 Å². The lowest BCUT2D eigenvalue weighted by Gasteiger charge is -2.06. The van der Waals surface area contributed by atoms with Gasteiger partial charge in [-0.25, -0.2) is 4.98 Å². The van der Waals surface area contributed by atoms with Gasteiger partial charge in [0.25, 0.3) is 0 Å². The lowest BCUT2D eigenvalue weighted by Crippen LogP contribution is -2.17. The standard InChI is InChI=1S/C16H23N3S/c1-2-3-6-11-20-16-14(12-17-13-8-9-13)19-10-5-4-7-15(19)18-16/h4-5,7,10,13,17H,2-3,6,8-9,11-12H2,1H3. The quantitative estimate of drug-likeness (QED) is 0.591. The summed E-state index contributed by atoms with van der Waals surface area (Å²) < 4.78 is 2.23. The highest BCUT2D eigenvalue weighted by Gasteiger charge is 2.22. The van der Waals surface area contributed by atoms with Crippen molar-refractivity contribution in [2.45, 2.75) is 56.6 Å². The molecule has 0 aliphatic heterocycles. The van der Waals surface area contributed by atoms with Gasteiger partial charge in [0, 0.05) is 18.8 Å². The number of aromatic nitrogens is 2. The van der Waals surface area contributed by atoms with Gasteiger partial charge in [-0.3, -0.25) is 0 Å². The number of nitrogens with zero attached hydrogens (tertiary/aromatic N) is 2. The van der Waals surface area contributed by atoms with Gasteiger partial charge in [0.1, 0.15) is 10.7 Å². The minimum absolute atomic E-state index is 0.738. The second-order valence-corrected chi connectivity index (χ2v) is 6.59. The molecule has 0 atom stereocenters. The maximum absolute atomic E-state index is 4.79. The van der Waals surface area contributed by atoms with Crippen LogP contribution in [0.25, 0.3) is 5.65 Å². The molecule has 4 heteroatoms. The van der Waals surface area contributed by atoms with Crippen LogP contribution in [0.15, 0.2) is 29.4 Å². The molecule has 2 aromatic rings. The maximum Gasteiger partial charge on any atom is 0.138 e. The van der Waals surface area contributed by atoms with Crippen molar-refractivity contribution in [1.82, 2.24) is 14.7 Å². The van der Waals surface area contributed by atoms with E-state index in [1.54, 1.807) is 0 Å². The Morgan fingerprint density at radius 3 is 3.05 bits per heavy atom. The molecule has 0 amide bonds. The van der Waals surface area contributed by atoms with E-state index in [9.17, 15) is 0 Å². The summed E-state index contributed by atoms with van der Waals surface area (Å²) in [6.07, 6.45) is 8.66.